The lowest BCUT2D eigenvalue weighted by Crippen LogP contribution is -2.43. The fraction of sp³-hybridized carbons (Fsp3) is 0.320. The largest absolute Gasteiger partial charge is 0.472 e. The number of carbonyl (C=O) groups is 1. The molecule has 0 spiro atoms. The highest BCUT2D eigenvalue weighted by molar-refractivity contribution is 6.00. The van der Waals surface area contributed by atoms with E-state index in [9.17, 15) is 4.79 Å². The molecule has 8 nitrogen and oxygen atoms in total. The Hall–Kier alpha value is -3.65. The summed E-state index contributed by atoms with van der Waals surface area (Å²) in [7, 11) is 0. The van der Waals surface area contributed by atoms with Crippen molar-refractivity contribution in [3.63, 3.8) is 0 Å². The van der Waals surface area contributed by atoms with E-state index in [2.05, 4.69) is 20.6 Å². The number of aryl methyl sites for hydroxylation is 1. The van der Waals surface area contributed by atoms with Crippen molar-refractivity contribution in [3.8, 4) is 5.88 Å². The monoisotopic (exact) mass is 446 g/mol. The molecule has 1 aliphatic carbocycles. The van der Waals surface area contributed by atoms with Gasteiger partial charge in [-0.2, -0.15) is 9.97 Å². The lowest BCUT2D eigenvalue weighted by atomic mass is 9.91. The van der Waals surface area contributed by atoms with Crippen LogP contribution >= 0.6 is 0 Å². The van der Waals surface area contributed by atoms with Crippen LogP contribution in [-0.2, 0) is 6.61 Å². The predicted molar refractivity (Wildman–Crippen MR) is 130 cm³/mol. The van der Waals surface area contributed by atoms with Crippen molar-refractivity contribution in [3.05, 3.63) is 71.3 Å². The van der Waals surface area contributed by atoms with Crippen LogP contribution in [0.2, 0.25) is 0 Å². The van der Waals surface area contributed by atoms with Crippen molar-refractivity contribution in [2.24, 2.45) is 11.5 Å². The van der Waals surface area contributed by atoms with Crippen LogP contribution in [0.15, 0.2) is 54.6 Å². The zero-order valence-corrected chi connectivity index (χ0v) is 18.8. The number of benzene rings is 2. The summed E-state index contributed by atoms with van der Waals surface area (Å²) in [5, 5.41) is 6.57. The minimum Gasteiger partial charge on any atom is -0.472 e. The molecule has 1 saturated carbocycles. The standard InChI is InChI=1S/C25H30N6O2/c1-16-8-7-11-18(14-16)28-23-21(22(27)32)24(33-15-17-9-3-2-4-10-17)31-25(30-23)29-20-13-6-5-12-19(20)26/h2-4,7-11,14,19-20H,5-6,12-13,15,26H2,1H3,(H2,27,32)(H2,28,29,30,31)/t19-,20+/m0/s1. The number of carbonyl (C=O) groups excluding carboxylic acids is 1. The average molecular weight is 447 g/mol. The lowest BCUT2D eigenvalue weighted by molar-refractivity contribution is 0.0995. The number of rotatable bonds is 8. The topological polar surface area (TPSA) is 128 Å². The van der Waals surface area contributed by atoms with E-state index in [0.29, 0.717) is 5.95 Å². The van der Waals surface area contributed by atoms with Crippen LogP contribution in [0, 0.1) is 6.92 Å². The smallest absolute Gasteiger partial charge is 0.258 e. The summed E-state index contributed by atoms with van der Waals surface area (Å²) < 4.78 is 5.98. The van der Waals surface area contributed by atoms with Crippen molar-refractivity contribution in [2.45, 2.75) is 51.3 Å². The normalized spacial score (nSPS) is 17.9. The Morgan fingerprint density at radius 2 is 1.88 bits per heavy atom. The van der Waals surface area contributed by atoms with Crippen LogP contribution in [-0.4, -0.2) is 28.0 Å². The molecule has 6 N–H and O–H groups in total. The lowest BCUT2D eigenvalue weighted by Gasteiger charge is -2.29. The fourth-order valence-corrected chi connectivity index (χ4v) is 4.01. The van der Waals surface area contributed by atoms with Crippen LogP contribution in [0.5, 0.6) is 5.88 Å². The van der Waals surface area contributed by atoms with Crippen LogP contribution in [0.4, 0.5) is 17.5 Å². The van der Waals surface area contributed by atoms with Gasteiger partial charge >= 0.3 is 0 Å². The molecule has 8 heteroatoms. The molecule has 1 amide bonds. The summed E-state index contributed by atoms with van der Waals surface area (Å²) in [5.41, 5.74) is 15.0. The molecule has 0 saturated heterocycles. The molecular weight excluding hydrogens is 416 g/mol. The highest BCUT2D eigenvalue weighted by Crippen LogP contribution is 2.29. The number of anilines is 3. The number of aromatic nitrogens is 2. The number of nitrogens with two attached hydrogens (primary N) is 2. The summed E-state index contributed by atoms with van der Waals surface area (Å²) in [6.07, 6.45) is 4.09. The summed E-state index contributed by atoms with van der Waals surface area (Å²) in [4.78, 5) is 21.6. The van der Waals surface area contributed by atoms with Gasteiger partial charge in [0.05, 0.1) is 0 Å². The molecule has 1 heterocycles. The Balaban J connectivity index is 1.70. The van der Waals surface area contributed by atoms with Crippen molar-refractivity contribution < 1.29 is 9.53 Å². The molecule has 4 rings (SSSR count). The second kappa shape index (κ2) is 10.3. The Kier molecular flexibility index (Phi) is 7.04. The molecule has 0 radical (unpaired) electrons. The van der Waals surface area contributed by atoms with Gasteiger partial charge in [-0.05, 0) is 43.0 Å². The fourth-order valence-electron chi connectivity index (χ4n) is 4.01. The van der Waals surface area contributed by atoms with Crippen LogP contribution < -0.4 is 26.8 Å². The number of nitrogens with one attached hydrogen (secondary N) is 2. The van der Waals surface area contributed by atoms with Gasteiger partial charge in [-0.3, -0.25) is 4.79 Å². The maximum Gasteiger partial charge on any atom is 0.258 e. The average Bonchev–Trinajstić information content (AvgIpc) is 2.79. The van der Waals surface area contributed by atoms with Gasteiger partial charge in [0, 0.05) is 17.8 Å². The van der Waals surface area contributed by atoms with E-state index < -0.39 is 5.91 Å². The van der Waals surface area contributed by atoms with E-state index in [1.165, 1.54) is 0 Å². The first-order valence-corrected chi connectivity index (χ1v) is 11.2. The third-order valence-corrected chi connectivity index (χ3v) is 5.76. The molecule has 172 valence electrons. The Labute approximate surface area is 193 Å². The predicted octanol–water partition coefficient (Wildman–Crippen LogP) is 3.89. The van der Waals surface area contributed by atoms with Gasteiger partial charge in [-0.25, -0.2) is 0 Å². The molecule has 0 aliphatic heterocycles. The minimum atomic E-state index is -0.672. The van der Waals surface area contributed by atoms with Crippen LogP contribution in [0.1, 0.15) is 47.2 Å². The third-order valence-electron chi connectivity index (χ3n) is 5.76. The number of amides is 1. The summed E-state index contributed by atoms with van der Waals surface area (Å²) in [5.74, 6) is 0.0936. The quantitative estimate of drug-likeness (QED) is 0.413. The molecule has 0 unspecified atom stereocenters. The number of ether oxygens (including phenoxy) is 1. The number of hydrogen-bond donors (Lipinski definition) is 4. The highest BCUT2D eigenvalue weighted by Gasteiger charge is 2.25. The van der Waals surface area contributed by atoms with Crippen molar-refractivity contribution in [2.75, 3.05) is 10.6 Å². The summed E-state index contributed by atoms with van der Waals surface area (Å²) in [6, 6.07) is 17.5. The van der Waals surface area contributed by atoms with Gasteiger partial charge in [-0.15, -0.1) is 0 Å². The molecular formula is C25H30N6O2. The number of primary amides is 1. The zero-order valence-electron chi connectivity index (χ0n) is 18.8. The first-order valence-electron chi connectivity index (χ1n) is 11.2. The SMILES string of the molecule is Cc1cccc(Nc2nc(N[C@@H]3CCCC[C@@H]3N)nc(OCc3ccccc3)c2C(N)=O)c1. The molecule has 1 aliphatic rings. The Morgan fingerprint density at radius 3 is 2.61 bits per heavy atom. The first kappa shape index (κ1) is 22.5. The maximum absolute atomic E-state index is 12.4. The Bertz CT molecular complexity index is 1110. The summed E-state index contributed by atoms with van der Waals surface area (Å²) >= 11 is 0. The van der Waals surface area contributed by atoms with Gasteiger partial charge in [0.1, 0.15) is 12.2 Å². The van der Waals surface area contributed by atoms with E-state index >= 15 is 0 Å². The number of nitrogens with zero attached hydrogens (tertiary/aromatic N) is 2. The van der Waals surface area contributed by atoms with Gasteiger partial charge in [0.2, 0.25) is 11.8 Å². The van der Waals surface area contributed by atoms with Crippen molar-refractivity contribution in [1.29, 1.82) is 0 Å². The van der Waals surface area contributed by atoms with Gasteiger partial charge < -0.3 is 26.8 Å². The summed E-state index contributed by atoms with van der Waals surface area (Å²) in [6.45, 7) is 2.23. The molecule has 0 bridgehead atoms. The molecule has 33 heavy (non-hydrogen) atoms. The van der Waals surface area contributed by atoms with Crippen LogP contribution in [0.3, 0.4) is 0 Å². The van der Waals surface area contributed by atoms with Gasteiger partial charge in [-0.1, -0.05) is 55.3 Å². The van der Waals surface area contributed by atoms with E-state index in [4.69, 9.17) is 16.2 Å². The second-order valence-corrected chi connectivity index (χ2v) is 8.41. The van der Waals surface area contributed by atoms with Crippen molar-refractivity contribution >= 4 is 23.4 Å². The molecule has 1 aromatic heterocycles. The van der Waals surface area contributed by atoms with E-state index in [1.54, 1.807) is 0 Å². The van der Waals surface area contributed by atoms with E-state index in [0.717, 1.165) is 42.5 Å². The zero-order chi connectivity index (χ0) is 23.2. The van der Waals surface area contributed by atoms with Crippen LogP contribution in [0.25, 0.3) is 0 Å². The minimum absolute atomic E-state index is 0.0139. The highest BCUT2D eigenvalue weighted by atomic mass is 16.5. The second-order valence-electron chi connectivity index (χ2n) is 8.41. The van der Waals surface area contributed by atoms with Gasteiger partial charge in [0.25, 0.3) is 5.91 Å². The number of hydrogen-bond acceptors (Lipinski definition) is 7. The molecule has 1 fully saturated rings. The first-order chi connectivity index (χ1) is 16.0. The molecule has 2 atom stereocenters. The third kappa shape index (κ3) is 5.78. The molecule has 2 aromatic carbocycles. The van der Waals surface area contributed by atoms with Crippen molar-refractivity contribution in [1.82, 2.24) is 9.97 Å². The van der Waals surface area contributed by atoms with E-state index in [1.807, 2.05) is 61.5 Å². The Morgan fingerprint density at radius 1 is 1.09 bits per heavy atom. The van der Waals surface area contributed by atoms with Gasteiger partial charge in [0.15, 0.2) is 5.82 Å². The maximum atomic E-state index is 12.4. The van der Waals surface area contributed by atoms with E-state index in [-0.39, 0.29) is 36.0 Å². The molecule has 3 aromatic rings.